The number of carbonyl (C=O) groups excluding carboxylic acids is 1. The predicted molar refractivity (Wildman–Crippen MR) is 86.5 cm³/mol. The first-order valence-corrected chi connectivity index (χ1v) is 7.53. The van der Waals surface area contributed by atoms with Gasteiger partial charge in [-0.3, -0.25) is 10.1 Å². The number of halogens is 3. The van der Waals surface area contributed by atoms with E-state index in [2.05, 4.69) is 5.32 Å². The molecule has 128 valence electrons. The van der Waals surface area contributed by atoms with Gasteiger partial charge in [0.15, 0.2) is 0 Å². The second kappa shape index (κ2) is 7.97. The zero-order valence-corrected chi connectivity index (χ0v) is 13.2. The molecule has 0 spiro atoms. The molecule has 0 saturated heterocycles. The monoisotopic (exact) mass is 336 g/mol. The van der Waals surface area contributed by atoms with Gasteiger partial charge in [-0.15, -0.1) is 0 Å². The highest BCUT2D eigenvalue weighted by atomic mass is 19.4. The molecule has 0 aromatic heterocycles. The lowest BCUT2D eigenvalue weighted by atomic mass is 9.98. The van der Waals surface area contributed by atoms with Gasteiger partial charge in [-0.2, -0.15) is 13.2 Å². The van der Waals surface area contributed by atoms with Crippen LogP contribution in [0.2, 0.25) is 0 Å². The molecule has 3 nitrogen and oxygen atoms in total. The Bertz CT molecular complexity index is 654. The highest BCUT2D eigenvalue weighted by molar-refractivity contribution is 5.78. The third-order valence-electron chi connectivity index (χ3n) is 3.50. The van der Waals surface area contributed by atoms with Gasteiger partial charge in [0.25, 0.3) is 0 Å². The van der Waals surface area contributed by atoms with Crippen LogP contribution in [0.5, 0.6) is 0 Å². The number of benzene rings is 2. The Balaban J connectivity index is 2.07. The summed E-state index contributed by atoms with van der Waals surface area (Å²) in [5.74, 6) is -0.694. The van der Waals surface area contributed by atoms with Crippen LogP contribution in [0.1, 0.15) is 22.7 Å². The summed E-state index contributed by atoms with van der Waals surface area (Å²) < 4.78 is 36.4. The van der Waals surface area contributed by atoms with E-state index < -0.39 is 18.6 Å². The van der Waals surface area contributed by atoms with Crippen molar-refractivity contribution < 1.29 is 18.0 Å². The summed E-state index contributed by atoms with van der Waals surface area (Å²) in [6.45, 7) is 0.441. The summed E-state index contributed by atoms with van der Waals surface area (Å²) in [4.78, 5) is 11.6. The van der Waals surface area contributed by atoms with E-state index in [4.69, 9.17) is 0 Å². The molecule has 2 aromatic carbocycles. The van der Waals surface area contributed by atoms with Gasteiger partial charge in [-0.1, -0.05) is 60.2 Å². The lowest BCUT2D eigenvalue weighted by molar-refractivity contribution is -0.137. The molecule has 0 unspecified atom stereocenters. The maximum Gasteiger partial charge on any atom is 0.405 e. The Hall–Kier alpha value is -2.34. The standard InChI is InChI=1S/C18H19F3N2O/c1-13-7-9-15(10-8-13)17(14-5-3-2-4-6-14)22-11-16(24)23-12-18(19,20)21/h2-10,17,22H,11-12H2,1H3,(H,23,24)/t17-/m0/s1. The molecule has 0 heterocycles. The summed E-state index contributed by atoms with van der Waals surface area (Å²) in [7, 11) is 0. The maximum absolute atomic E-state index is 12.1. The molecule has 0 aliphatic rings. The Morgan fingerprint density at radius 2 is 1.58 bits per heavy atom. The van der Waals surface area contributed by atoms with E-state index in [0.717, 1.165) is 16.7 Å². The van der Waals surface area contributed by atoms with Crippen LogP contribution < -0.4 is 10.6 Å². The second-order valence-electron chi connectivity index (χ2n) is 5.53. The zero-order valence-electron chi connectivity index (χ0n) is 13.2. The minimum atomic E-state index is -4.41. The number of nitrogens with one attached hydrogen (secondary N) is 2. The highest BCUT2D eigenvalue weighted by Crippen LogP contribution is 2.22. The van der Waals surface area contributed by atoms with Gasteiger partial charge in [0.05, 0.1) is 12.6 Å². The van der Waals surface area contributed by atoms with E-state index in [1.54, 1.807) is 0 Å². The third-order valence-corrected chi connectivity index (χ3v) is 3.50. The number of carbonyl (C=O) groups is 1. The zero-order chi connectivity index (χ0) is 17.6. The molecule has 0 saturated carbocycles. The molecule has 2 N–H and O–H groups in total. The average molecular weight is 336 g/mol. The normalized spacial score (nSPS) is 12.7. The number of amides is 1. The predicted octanol–water partition coefficient (Wildman–Crippen LogP) is 3.35. The molecule has 1 amide bonds. The first-order valence-electron chi connectivity index (χ1n) is 7.53. The summed E-state index contributed by atoms with van der Waals surface area (Å²) in [5, 5.41) is 4.89. The Labute approximate surface area is 138 Å². The van der Waals surface area contributed by atoms with Gasteiger partial charge in [-0.05, 0) is 18.1 Å². The van der Waals surface area contributed by atoms with Gasteiger partial charge < -0.3 is 5.32 Å². The summed E-state index contributed by atoms with van der Waals surface area (Å²) >= 11 is 0. The van der Waals surface area contributed by atoms with Crippen LogP contribution in [-0.4, -0.2) is 25.2 Å². The van der Waals surface area contributed by atoms with Crippen LogP contribution in [0.25, 0.3) is 0 Å². The van der Waals surface area contributed by atoms with E-state index in [1.165, 1.54) is 0 Å². The summed E-state index contributed by atoms with van der Waals surface area (Å²) in [6, 6.07) is 17.0. The van der Waals surface area contributed by atoms with E-state index in [-0.39, 0.29) is 12.6 Å². The van der Waals surface area contributed by atoms with Crippen LogP contribution in [-0.2, 0) is 4.79 Å². The quantitative estimate of drug-likeness (QED) is 0.849. The first kappa shape index (κ1) is 18.0. The van der Waals surface area contributed by atoms with E-state index in [1.807, 2.05) is 66.8 Å². The van der Waals surface area contributed by atoms with E-state index >= 15 is 0 Å². The number of hydrogen-bond donors (Lipinski definition) is 2. The van der Waals surface area contributed by atoms with Gasteiger partial charge >= 0.3 is 6.18 Å². The molecule has 1 atom stereocenters. The first-order chi connectivity index (χ1) is 11.3. The molecule has 0 radical (unpaired) electrons. The Morgan fingerprint density at radius 3 is 2.17 bits per heavy atom. The van der Waals surface area contributed by atoms with Gasteiger partial charge in [-0.25, -0.2) is 0 Å². The van der Waals surface area contributed by atoms with Crippen LogP contribution in [0.4, 0.5) is 13.2 Å². The topological polar surface area (TPSA) is 41.1 Å². The van der Waals surface area contributed by atoms with Gasteiger partial charge in [0, 0.05) is 0 Å². The molecule has 2 aromatic rings. The van der Waals surface area contributed by atoms with Crippen LogP contribution in [0.3, 0.4) is 0 Å². The van der Waals surface area contributed by atoms with Crippen molar-refractivity contribution >= 4 is 5.91 Å². The van der Waals surface area contributed by atoms with Crippen molar-refractivity contribution in [3.05, 3.63) is 71.3 Å². The van der Waals surface area contributed by atoms with E-state index in [0.29, 0.717) is 0 Å². The molecule has 0 bridgehead atoms. The molecular formula is C18H19F3N2O. The molecule has 6 heteroatoms. The SMILES string of the molecule is Cc1ccc([C@@H](NCC(=O)NCC(F)(F)F)c2ccccc2)cc1. The van der Waals surface area contributed by atoms with Crippen molar-refractivity contribution in [3.8, 4) is 0 Å². The van der Waals surface area contributed by atoms with Crippen molar-refractivity contribution in [1.29, 1.82) is 0 Å². The summed E-state index contributed by atoms with van der Waals surface area (Å²) in [5.41, 5.74) is 2.98. The number of alkyl halides is 3. The lowest BCUT2D eigenvalue weighted by Crippen LogP contribution is -2.40. The Kier molecular flexibility index (Phi) is 5.98. The average Bonchev–Trinajstić information content (AvgIpc) is 2.55. The number of aryl methyl sites for hydroxylation is 1. The van der Waals surface area contributed by atoms with Crippen LogP contribution >= 0.6 is 0 Å². The number of rotatable bonds is 6. The highest BCUT2D eigenvalue weighted by Gasteiger charge is 2.27. The lowest BCUT2D eigenvalue weighted by Gasteiger charge is -2.20. The van der Waals surface area contributed by atoms with Crippen molar-refractivity contribution in [2.24, 2.45) is 0 Å². The fourth-order valence-electron chi connectivity index (χ4n) is 2.29. The molecular weight excluding hydrogens is 317 g/mol. The molecule has 2 rings (SSSR count). The summed E-state index contributed by atoms with van der Waals surface area (Å²) in [6.07, 6.45) is -4.41. The van der Waals surface area contributed by atoms with Crippen LogP contribution in [0.15, 0.2) is 54.6 Å². The van der Waals surface area contributed by atoms with Gasteiger partial charge in [0.2, 0.25) is 5.91 Å². The molecule has 24 heavy (non-hydrogen) atoms. The van der Waals surface area contributed by atoms with Crippen molar-refractivity contribution in [3.63, 3.8) is 0 Å². The largest absolute Gasteiger partial charge is 0.405 e. The maximum atomic E-state index is 12.1. The fourth-order valence-corrected chi connectivity index (χ4v) is 2.29. The fraction of sp³-hybridized carbons (Fsp3) is 0.278. The molecule has 0 aliphatic carbocycles. The second-order valence-corrected chi connectivity index (χ2v) is 5.53. The molecule has 0 fully saturated rings. The van der Waals surface area contributed by atoms with Crippen LogP contribution in [0, 0.1) is 6.92 Å². The van der Waals surface area contributed by atoms with E-state index in [9.17, 15) is 18.0 Å². The van der Waals surface area contributed by atoms with Crippen molar-refractivity contribution in [2.45, 2.75) is 19.1 Å². The number of hydrogen-bond acceptors (Lipinski definition) is 2. The molecule has 0 aliphatic heterocycles. The van der Waals surface area contributed by atoms with Crippen molar-refractivity contribution in [2.75, 3.05) is 13.1 Å². The van der Waals surface area contributed by atoms with Gasteiger partial charge in [0.1, 0.15) is 6.54 Å². The Morgan fingerprint density at radius 1 is 1.00 bits per heavy atom. The minimum absolute atomic E-state index is 0.205. The third kappa shape index (κ3) is 5.70. The minimum Gasteiger partial charge on any atom is -0.346 e. The van der Waals surface area contributed by atoms with Crippen molar-refractivity contribution in [1.82, 2.24) is 10.6 Å². The smallest absolute Gasteiger partial charge is 0.346 e.